The second-order valence-corrected chi connectivity index (χ2v) is 4.26. The molecule has 2 heterocycles. The van der Waals surface area contributed by atoms with Crippen LogP contribution in [-0.4, -0.2) is 36.3 Å². The Bertz CT molecular complexity index is 536. The van der Waals surface area contributed by atoms with Crippen molar-refractivity contribution >= 4 is 23.3 Å². The first-order chi connectivity index (χ1) is 8.08. The van der Waals surface area contributed by atoms with Gasteiger partial charge in [-0.3, -0.25) is 0 Å². The minimum absolute atomic E-state index is 0.0507. The Kier molecular flexibility index (Phi) is 3.00. The molecule has 17 heavy (non-hydrogen) atoms. The van der Waals surface area contributed by atoms with Gasteiger partial charge in [-0.25, -0.2) is 14.5 Å². The minimum Gasteiger partial charge on any atom is -0.476 e. The summed E-state index contributed by atoms with van der Waals surface area (Å²) in [5.41, 5.74) is 0.0507. The van der Waals surface area contributed by atoms with E-state index in [-0.39, 0.29) is 11.7 Å². The average molecular weight is 254 g/mol. The van der Waals surface area contributed by atoms with Crippen molar-refractivity contribution in [2.24, 2.45) is 7.05 Å². The molecule has 0 aliphatic rings. The quantitative estimate of drug-likeness (QED) is 0.820. The summed E-state index contributed by atoms with van der Waals surface area (Å²) in [6.07, 6.45) is 0. The van der Waals surface area contributed by atoms with Crippen LogP contribution >= 0.6 is 11.3 Å². The Balaban J connectivity index is 2.12. The summed E-state index contributed by atoms with van der Waals surface area (Å²) in [4.78, 5) is 14.7. The van der Waals surface area contributed by atoms with E-state index in [2.05, 4.69) is 25.8 Å². The van der Waals surface area contributed by atoms with Gasteiger partial charge in [0.05, 0.1) is 6.04 Å². The van der Waals surface area contributed by atoms with E-state index in [0.717, 1.165) is 0 Å². The molecule has 0 radical (unpaired) electrons. The lowest BCUT2D eigenvalue weighted by Crippen LogP contribution is -2.11. The molecule has 0 bridgehead atoms. The molecule has 0 aliphatic carbocycles. The largest absolute Gasteiger partial charge is 0.476 e. The number of thiazole rings is 1. The number of aromatic carboxylic acids is 1. The second-order valence-electron chi connectivity index (χ2n) is 3.37. The first-order valence-electron chi connectivity index (χ1n) is 4.75. The van der Waals surface area contributed by atoms with E-state index in [1.807, 2.05) is 6.92 Å². The number of aromatic nitrogens is 5. The van der Waals surface area contributed by atoms with Gasteiger partial charge in [0.2, 0.25) is 5.95 Å². The van der Waals surface area contributed by atoms with Gasteiger partial charge >= 0.3 is 5.97 Å². The molecular formula is C8H10N6O2S. The zero-order chi connectivity index (χ0) is 12.4. The lowest BCUT2D eigenvalue weighted by molar-refractivity contribution is 0.0691. The van der Waals surface area contributed by atoms with Crippen molar-refractivity contribution in [3.63, 3.8) is 0 Å². The maximum Gasteiger partial charge on any atom is 0.355 e. The fourth-order valence-corrected chi connectivity index (χ4v) is 1.99. The third-order valence-electron chi connectivity index (χ3n) is 2.08. The number of hydrogen-bond acceptors (Lipinski definition) is 7. The fraction of sp³-hybridized carbons (Fsp3) is 0.375. The van der Waals surface area contributed by atoms with E-state index in [4.69, 9.17) is 5.11 Å². The highest BCUT2D eigenvalue weighted by Gasteiger charge is 2.15. The van der Waals surface area contributed by atoms with Crippen LogP contribution in [0.15, 0.2) is 5.38 Å². The van der Waals surface area contributed by atoms with Crippen LogP contribution in [-0.2, 0) is 7.05 Å². The molecule has 2 rings (SSSR count). The fourth-order valence-electron chi connectivity index (χ4n) is 1.19. The number of anilines is 1. The van der Waals surface area contributed by atoms with Crippen molar-refractivity contribution < 1.29 is 9.90 Å². The zero-order valence-corrected chi connectivity index (χ0v) is 9.97. The molecule has 9 heteroatoms. The third kappa shape index (κ3) is 2.38. The molecule has 2 N–H and O–H groups in total. The predicted molar refractivity (Wildman–Crippen MR) is 59.9 cm³/mol. The van der Waals surface area contributed by atoms with Gasteiger partial charge in [0.15, 0.2) is 5.69 Å². The molecule has 0 spiro atoms. The Morgan fingerprint density at radius 2 is 2.41 bits per heavy atom. The highest BCUT2D eigenvalue weighted by molar-refractivity contribution is 7.09. The van der Waals surface area contributed by atoms with Gasteiger partial charge < -0.3 is 10.4 Å². The van der Waals surface area contributed by atoms with Crippen molar-refractivity contribution in [2.45, 2.75) is 13.0 Å². The van der Waals surface area contributed by atoms with Crippen LogP contribution in [0.1, 0.15) is 28.5 Å². The molecule has 1 unspecified atom stereocenters. The van der Waals surface area contributed by atoms with Gasteiger partial charge in [0, 0.05) is 12.4 Å². The number of nitrogens with zero attached hydrogens (tertiary/aromatic N) is 5. The predicted octanol–water partition coefficient (Wildman–Crippen LogP) is 0.538. The molecule has 2 aromatic rings. The summed E-state index contributed by atoms with van der Waals surface area (Å²) in [6.45, 7) is 1.86. The highest BCUT2D eigenvalue weighted by Crippen LogP contribution is 2.20. The van der Waals surface area contributed by atoms with Crippen LogP contribution in [0.3, 0.4) is 0 Å². The van der Waals surface area contributed by atoms with E-state index in [1.165, 1.54) is 21.4 Å². The third-order valence-corrected chi connectivity index (χ3v) is 3.10. The maximum atomic E-state index is 10.7. The Hall–Kier alpha value is -2.03. The topological polar surface area (TPSA) is 106 Å². The SMILES string of the molecule is CC(Nc1nnnn1C)c1nc(C(=O)O)cs1. The summed E-state index contributed by atoms with van der Waals surface area (Å²) in [6, 6.07) is -0.155. The monoisotopic (exact) mass is 254 g/mol. The molecule has 2 aromatic heterocycles. The van der Waals surface area contributed by atoms with Gasteiger partial charge in [0.1, 0.15) is 5.01 Å². The van der Waals surface area contributed by atoms with E-state index in [1.54, 1.807) is 7.05 Å². The number of tetrazole rings is 1. The number of nitrogens with one attached hydrogen (secondary N) is 1. The first-order valence-corrected chi connectivity index (χ1v) is 5.63. The number of aryl methyl sites for hydroxylation is 1. The zero-order valence-electron chi connectivity index (χ0n) is 9.15. The number of carbonyl (C=O) groups is 1. The second kappa shape index (κ2) is 4.45. The van der Waals surface area contributed by atoms with Crippen molar-refractivity contribution in [3.05, 3.63) is 16.1 Å². The standard InChI is InChI=1S/C8H10N6O2S/c1-4(9-8-11-12-13-14(8)2)6-10-5(3-17-6)7(15)16/h3-4H,1-2H3,(H,15,16)(H,9,11,13). The Morgan fingerprint density at radius 3 is 2.94 bits per heavy atom. The van der Waals surface area contributed by atoms with Crippen molar-refractivity contribution in [1.82, 2.24) is 25.2 Å². The van der Waals surface area contributed by atoms with E-state index in [0.29, 0.717) is 11.0 Å². The van der Waals surface area contributed by atoms with E-state index < -0.39 is 5.97 Å². The number of rotatable bonds is 4. The van der Waals surface area contributed by atoms with Gasteiger partial charge in [-0.2, -0.15) is 0 Å². The lowest BCUT2D eigenvalue weighted by Gasteiger charge is -2.09. The van der Waals surface area contributed by atoms with E-state index in [9.17, 15) is 4.79 Å². The highest BCUT2D eigenvalue weighted by atomic mass is 32.1. The molecule has 0 saturated carbocycles. The number of carboxylic acid groups (broad SMARTS) is 1. The summed E-state index contributed by atoms with van der Waals surface area (Å²) in [5.74, 6) is -0.524. The van der Waals surface area contributed by atoms with Crippen molar-refractivity contribution in [2.75, 3.05) is 5.32 Å². The van der Waals surface area contributed by atoms with E-state index >= 15 is 0 Å². The van der Waals surface area contributed by atoms with Crippen LogP contribution in [0.4, 0.5) is 5.95 Å². The molecule has 0 aliphatic heterocycles. The summed E-state index contributed by atoms with van der Waals surface area (Å²) in [7, 11) is 1.71. The van der Waals surface area contributed by atoms with Crippen molar-refractivity contribution in [3.8, 4) is 0 Å². The summed E-state index contributed by atoms with van der Waals surface area (Å²) < 4.78 is 1.49. The average Bonchev–Trinajstić information content (AvgIpc) is 2.88. The Morgan fingerprint density at radius 1 is 1.65 bits per heavy atom. The summed E-state index contributed by atoms with van der Waals surface area (Å²) >= 11 is 1.28. The van der Waals surface area contributed by atoms with Gasteiger partial charge in [-0.1, -0.05) is 5.10 Å². The molecule has 0 saturated heterocycles. The molecular weight excluding hydrogens is 244 g/mol. The van der Waals surface area contributed by atoms with Crippen LogP contribution < -0.4 is 5.32 Å². The molecule has 0 fully saturated rings. The van der Waals surface area contributed by atoms with Gasteiger partial charge in [-0.15, -0.1) is 11.3 Å². The first kappa shape index (κ1) is 11.5. The van der Waals surface area contributed by atoms with Crippen LogP contribution in [0.25, 0.3) is 0 Å². The van der Waals surface area contributed by atoms with Crippen LogP contribution in [0, 0.1) is 0 Å². The molecule has 90 valence electrons. The molecule has 1 atom stereocenters. The molecule has 8 nitrogen and oxygen atoms in total. The normalized spacial score (nSPS) is 12.4. The molecule has 0 aromatic carbocycles. The van der Waals surface area contributed by atoms with Gasteiger partial charge in [0.25, 0.3) is 0 Å². The van der Waals surface area contributed by atoms with Crippen molar-refractivity contribution in [1.29, 1.82) is 0 Å². The van der Waals surface area contributed by atoms with Crippen LogP contribution in [0.2, 0.25) is 0 Å². The van der Waals surface area contributed by atoms with Gasteiger partial charge in [-0.05, 0) is 17.4 Å². The number of carboxylic acids is 1. The summed E-state index contributed by atoms with van der Waals surface area (Å²) in [5, 5.41) is 24.9. The minimum atomic E-state index is -1.03. The lowest BCUT2D eigenvalue weighted by atomic mass is 10.3. The van der Waals surface area contributed by atoms with Crippen LogP contribution in [0.5, 0.6) is 0 Å². The number of hydrogen-bond donors (Lipinski definition) is 2. The smallest absolute Gasteiger partial charge is 0.355 e. The Labute approximate surface area is 100 Å². The molecule has 0 amide bonds. The maximum absolute atomic E-state index is 10.7.